The molecule has 2 fully saturated rings. The van der Waals surface area contributed by atoms with Crippen molar-refractivity contribution in [2.45, 2.75) is 6.92 Å². The molecule has 3 rings (SSSR count). The van der Waals surface area contributed by atoms with Gasteiger partial charge >= 0.3 is 0 Å². The van der Waals surface area contributed by atoms with E-state index in [1.807, 2.05) is 13.0 Å². The molecule has 0 spiro atoms. The molecule has 162 valence electrons. The van der Waals surface area contributed by atoms with Crippen molar-refractivity contribution in [3.8, 4) is 5.75 Å². The number of rotatable bonds is 8. The number of amides is 1. The van der Waals surface area contributed by atoms with Gasteiger partial charge in [0, 0.05) is 45.9 Å². The van der Waals surface area contributed by atoms with Crippen molar-refractivity contribution in [2.75, 3.05) is 72.3 Å². The Morgan fingerprint density at radius 3 is 2.34 bits per heavy atom. The average molecular weight is 428 g/mol. The van der Waals surface area contributed by atoms with E-state index in [-0.39, 0.29) is 19.0 Å². The van der Waals surface area contributed by atoms with E-state index in [1.54, 1.807) is 23.1 Å². The van der Waals surface area contributed by atoms with Gasteiger partial charge in [-0.1, -0.05) is 12.1 Å². The van der Waals surface area contributed by atoms with Crippen molar-refractivity contribution in [1.82, 2.24) is 13.5 Å². The Hall–Kier alpha value is -1.72. The highest BCUT2D eigenvalue weighted by Gasteiger charge is 2.34. The van der Waals surface area contributed by atoms with Crippen molar-refractivity contribution in [1.29, 1.82) is 0 Å². The SMILES string of the molecule is CCOCCOc1ccccc1C(=O)N1CCN(S(=O)(=O)N2CCOCC2)CC1. The lowest BCUT2D eigenvalue weighted by molar-refractivity contribution is 0.0632. The second kappa shape index (κ2) is 10.4. The van der Waals surface area contributed by atoms with Crippen molar-refractivity contribution in [2.24, 2.45) is 0 Å². The summed E-state index contributed by atoms with van der Waals surface area (Å²) >= 11 is 0. The fourth-order valence-corrected chi connectivity index (χ4v) is 4.92. The zero-order valence-electron chi connectivity index (χ0n) is 16.8. The average Bonchev–Trinajstić information content (AvgIpc) is 2.77. The summed E-state index contributed by atoms with van der Waals surface area (Å²) in [5.74, 6) is 0.362. The van der Waals surface area contributed by atoms with E-state index in [0.29, 0.717) is 70.5 Å². The van der Waals surface area contributed by atoms with Crippen LogP contribution in [0.4, 0.5) is 0 Å². The maximum atomic E-state index is 13.0. The fraction of sp³-hybridized carbons (Fsp3) is 0.632. The molecule has 2 aliphatic rings. The third-order valence-corrected chi connectivity index (χ3v) is 6.99. The second-order valence-electron chi connectivity index (χ2n) is 6.75. The largest absolute Gasteiger partial charge is 0.490 e. The van der Waals surface area contributed by atoms with Crippen LogP contribution in [0.5, 0.6) is 5.75 Å². The summed E-state index contributed by atoms with van der Waals surface area (Å²) in [5, 5.41) is 0. The highest BCUT2D eigenvalue weighted by Crippen LogP contribution is 2.22. The number of para-hydroxylation sites is 1. The molecule has 0 aliphatic carbocycles. The molecule has 1 amide bonds. The van der Waals surface area contributed by atoms with E-state index in [4.69, 9.17) is 14.2 Å². The lowest BCUT2D eigenvalue weighted by atomic mass is 10.1. The molecule has 0 aromatic heterocycles. The van der Waals surface area contributed by atoms with Crippen LogP contribution in [-0.2, 0) is 19.7 Å². The number of hydrogen-bond donors (Lipinski definition) is 0. The van der Waals surface area contributed by atoms with Crippen LogP contribution in [0, 0.1) is 0 Å². The lowest BCUT2D eigenvalue weighted by Gasteiger charge is -2.37. The Morgan fingerprint density at radius 2 is 1.66 bits per heavy atom. The third-order valence-electron chi connectivity index (χ3n) is 4.96. The fourth-order valence-electron chi connectivity index (χ4n) is 3.36. The molecular formula is C19H29N3O6S. The molecule has 29 heavy (non-hydrogen) atoms. The van der Waals surface area contributed by atoms with Crippen LogP contribution in [0.25, 0.3) is 0 Å². The van der Waals surface area contributed by atoms with Gasteiger partial charge in [-0.05, 0) is 19.1 Å². The van der Waals surface area contributed by atoms with Crippen LogP contribution in [-0.4, -0.2) is 100 Å². The van der Waals surface area contributed by atoms with Gasteiger partial charge < -0.3 is 19.1 Å². The smallest absolute Gasteiger partial charge is 0.282 e. The van der Waals surface area contributed by atoms with E-state index < -0.39 is 10.2 Å². The first kappa shape index (κ1) is 22.0. The molecule has 2 heterocycles. The highest BCUT2D eigenvalue weighted by atomic mass is 32.2. The van der Waals surface area contributed by atoms with Gasteiger partial charge in [0.2, 0.25) is 0 Å². The molecule has 0 N–H and O–H groups in total. The van der Waals surface area contributed by atoms with Crippen LogP contribution in [0.2, 0.25) is 0 Å². The van der Waals surface area contributed by atoms with E-state index >= 15 is 0 Å². The highest BCUT2D eigenvalue weighted by molar-refractivity contribution is 7.86. The Morgan fingerprint density at radius 1 is 1.00 bits per heavy atom. The molecule has 2 aliphatic heterocycles. The summed E-state index contributed by atoms with van der Waals surface area (Å²) in [6.07, 6.45) is 0. The van der Waals surface area contributed by atoms with Crippen LogP contribution in [0.15, 0.2) is 24.3 Å². The molecular weight excluding hydrogens is 398 g/mol. The number of hydrogen-bond acceptors (Lipinski definition) is 6. The first-order chi connectivity index (χ1) is 14.0. The minimum Gasteiger partial charge on any atom is -0.490 e. The number of benzene rings is 1. The Balaban J connectivity index is 1.59. The summed E-state index contributed by atoms with van der Waals surface area (Å²) in [6.45, 7) is 6.15. The van der Waals surface area contributed by atoms with Crippen LogP contribution in [0.1, 0.15) is 17.3 Å². The number of carbonyl (C=O) groups excluding carboxylic acids is 1. The van der Waals surface area contributed by atoms with E-state index in [2.05, 4.69) is 0 Å². The number of nitrogens with zero attached hydrogens (tertiary/aromatic N) is 3. The van der Waals surface area contributed by atoms with E-state index in [0.717, 1.165) is 0 Å². The summed E-state index contributed by atoms with van der Waals surface area (Å²) < 4.78 is 44.7. The standard InChI is InChI=1S/C19H29N3O6S/c1-2-26-15-16-28-18-6-4-3-5-17(18)19(23)20-7-9-21(10-8-20)29(24,25)22-11-13-27-14-12-22/h3-6H,2,7-16H2,1H3. The van der Waals surface area contributed by atoms with Gasteiger partial charge in [-0.3, -0.25) is 4.79 Å². The monoisotopic (exact) mass is 427 g/mol. The minimum atomic E-state index is -3.51. The predicted octanol–water partition coefficient (Wildman–Crippen LogP) is 0.437. The topological polar surface area (TPSA) is 88.6 Å². The van der Waals surface area contributed by atoms with Crippen LogP contribution >= 0.6 is 0 Å². The number of piperazine rings is 1. The Bertz CT molecular complexity index is 774. The molecule has 2 saturated heterocycles. The van der Waals surface area contributed by atoms with Gasteiger partial charge in [-0.25, -0.2) is 0 Å². The molecule has 9 nitrogen and oxygen atoms in total. The van der Waals surface area contributed by atoms with Crippen molar-refractivity contribution in [3.63, 3.8) is 0 Å². The number of morpholine rings is 1. The number of ether oxygens (including phenoxy) is 3. The van der Waals surface area contributed by atoms with Crippen LogP contribution < -0.4 is 4.74 Å². The number of carbonyl (C=O) groups is 1. The normalized spacial score (nSPS) is 19.3. The maximum absolute atomic E-state index is 13.0. The predicted molar refractivity (Wildman–Crippen MR) is 107 cm³/mol. The zero-order chi connectivity index (χ0) is 20.7. The lowest BCUT2D eigenvalue weighted by Crippen LogP contribution is -2.55. The molecule has 1 aromatic rings. The summed E-state index contributed by atoms with van der Waals surface area (Å²) in [4.78, 5) is 14.7. The first-order valence-electron chi connectivity index (χ1n) is 9.96. The van der Waals surface area contributed by atoms with Gasteiger partial charge in [0.25, 0.3) is 16.1 Å². The Labute approximate surface area is 172 Å². The zero-order valence-corrected chi connectivity index (χ0v) is 17.6. The van der Waals surface area contributed by atoms with Gasteiger partial charge in [0.05, 0.1) is 25.4 Å². The van der Waals surface area contributed by atoms with Crippen molar-refractivity contribution >= 4 is 16.1 Å². The summed E-state index contributed by atoms with van der Waals surface area (Å²) in [7, 11) is -3.51. The van der Waals surface area contributed by atoms with Gasteiger partial charge in [0.15, 0.2) is 0 Å². The summed E-state index contributed by atoms with van der Waals surface area (Å²) in [5.41, 5.74) is 0.480. The summed E-state index contributed by atoms with van der Waals surface area (Å²) in [6, 6.07) is 7.11. The van der Waals surface area contributed by atoms with Gasteiger partial charge in [-0.2, -0.15) is 17.0 Å². The minimum absolute atomic E-state index is 0.152. The second-order valence-corrected chi connectivity index (χ2v) is 8.68. The molecule has 0 unspecified atom stereocenters. The maximum Gasteiger partial charge on any atom is 0.282 e. The van der Waals surface area contributed by atoms with Crippen LogP contribution in [0.3, 0.4) is 0 Å². The van der Waals surface area contributed by atoms with E-state index in [9.17, 15) is 13.2 Å². The molecule has 10 heteroatoms. The van der Waals surface area contributed by atoms with Gasteiger partial charge in [0.1, 0.15) is 12.4 Å². The van der Waals surface area contributed by atoms with Crippen molar-refractivity contribution in [3.05, 3.63) is 29.8 Å². The molecule has 0 saturated carbocycles. The van der Waals surface area contributed by atoms with E-state index in [1.165, 1.54) is 8.61 Å². The third kappa shape index (κ3) is 5.46. The molecule has 1 aromatic carbocycles. The first-order valence-corrected chi connectivity index (χ1v) is 11.4. The van der Waals surface area contributed by atoms with Crippen molar-refractivity contribution < 1.29 is 27.4 Å². The van der Waals surface area contributed by atoms with Gasteiger partial charge in [-0.15, -0.1) is 0 Å². The molecule has 0 atom stereocenters. The molecule has 0 radical (unpaired) electrons. The quantitative estimate of drug-likeness (QED) is 0.560. The Kier molecular flexibility index (Phi) is 7.84. The molecule has 0 bridgehead atoms.